The first-order chi connectivity index (χ1) is 9.22. The Morgan fingerprint density at radius 3 is 2.53 bits per heavy atom. The van der Waals surface area contributed by atoms with Gasteiger partial charge in [0, 0.05) is 5.41 Å². The van der Waals surface area contributed by atoms with Gasteiger partial charge in [-0.2, -0.15) is 5.26 Å². The molecule has 2 aromatic carbocycles. The summed E-state index contributed by atoms with van der Waals surface area (Å²) in [4.78, 5) is 0. The number of rotatable bonds is 3. The van der Waals surface area contributed by atoms with Crippen LogP contribution in [0.4, 0.5) is 0 Å². The maximum Gasteiger partial charge on any atom is 0.127 e. The molecule has 0 aromatic heterocycles. The molecular formula is C17H15NO. The average molecular weight is 249 g/mol. The lowest BCUT2D eigenvalue weighted by molar-refractivity contribution is 0.481. The summed E-state index contributed by atoms with van der Waals surface area (Å²) in [6.07, 6.45) is 0.943. The molecule has 0 amide bonds. The van der Waals surface area contributed by atoms with Gasteiger partial charge in [0.25, 0.3) is 0 Å². The molecule has 1 fully saturated rings. The van der Waals surface area contributed by atoms with Crippen LogP contribution in [0, 0.1) is 17.2 Å². The topological polar surface area (TPSA) is 33.0 Å². The zero-order valence-electron chi connectivity index (χ0n) is 10.8. The summed E-state index contributed by atoms with van der Waals surface area (Å²) in [5, 5.41) is 9.03. The SMILES string of the molecule is C[C@]1(c2cccc(Oc3ccccc3)c2)CC1C#N. The Morgan fingerprint density at radius 1 is 1.11 bits per heavy atom. The van der Waals surface area contributed by atoms with Gasteiger partial charge in [0.2, 0.25) is 0 Å². The molecular weight excluding hydrogens is 234 g/mol. The lowest BCUT2D eigenvalue weighted by Crippen LogP contribution is -2.03. The Bertz CT molecular complexity index is 629. The smallest absolute Gasteiger partial charge is 0.127 e. The maximum atomic E-state index is 9.03. The van der Waals surface area contributed by atoms with Gasteiger partial charge in [0.1, 0.15) is 11.5 Å². The molecule has 1 aliphatic carbocycles. The summed E-state index contributed by atoms with van der Waals surface area (Å²) in [6.45, 7) is 2.14. The van der Waals surface area contributed by atoms with Crippen molar-refractivity contribution < 1.29 is 4.74 Å². The second kappa shape index (κ2) is 4.44. The fourth-order valence-electron chi connectivity index (χ4n) is 2.41. The van der Waals surface area contributed by atoms with Gasteiger partial charge in [-0.05, 0) is 36.2 Å². The van der Waals surface area contributed by atoms with Crippen molar-refractivity contribution in [3.8, 4) is 17.6 Å². The highest BCUT2D eigenvalue weighted by Crippen LogP contribution is 2.53. The second-order valence-corrected chi connectivity index (χ2v) is 5.25. The van der Waals surface area contributed by atoms with Crippen molar-refractivity contribution in [3.05, 3.63) is 60.2 Å². The van der Waals surface area contributed by atoms with Gasteiger partial charge in [-0.25, -0.2) is 0 Å². The van der Waals surface area contributed by atoms with Gasteiger partial charge in [-0.1, -0.05) is 37.3 Å². The Morgan fingerprint density at radius 2 is 1.84 bits per heavy atom. The first-order valence-corrected chi connectivity index (χ1v) is 6.45. The molecule has 2 atom stereocenters. The van der Waals surface area contributed by atoms with Gasteiger partial charge in [0.05, 0.1) is 12.0 Å². The molecule has 2 aromatic rings. The zero-order valence-corrected chi connectivity index (χ0v) is 10.8. The molecule has 0 radical (unpaired) electrons. The van der Waals surface area contributed by atoms with Crippen LogP contribution in [0.25, 0.3) is 0 Å². The zero-order chi connectivity index (χ0) is 13.3. The minimum Gasteiger partial charge on any atom is -0.457 e. The van der Waals surface area contributed by atoms with Crippen LogP contribution in [0.2, 0.25) is 0 Å². The van der Waals surface area contributed by atoms with E-state index in [2.05, 4.69) is 19.1 Å². The van der Waals surface area contributed by atoms with Crippen LogP contribution in [-0.4, -0.2) is 0 Å². The fourth-order valence-corrected chi connectivity index (χ4v) is 2.41. The third-order valence-electron chi connectivity index (χ3n) is 3.87. The molecule has 0 aliphatic heterocycles. The molecule has 2 nitrogen and oxygen atoms in total. The fraction of sp³-hybridized carbons (Fsp3) is 0.235. The van der Waals surface area contributed by atoms with Crippen LogP contribution >= 0.6 is 0 Å². The third-order valence-corrected chi connectivity index (χ3v) is 3.87. The van der Waals surface area contributed by atoms with Crippen LogP contribution < -0.4 is 4.74 Å². The monoisotopic (exact) mass is 249 g/mol. The molecule has 0 spiro atoms. The van der Waals surface area contributed by atoms with Crippen LogP contribution in [0.15, 0.2) is 54.6 Å². The molecule has 1 aliphatic rings. The predicted octanol–water partition coefficient (Wildman–Crippen LogP) is 4.28. The lowest BCUT2D eigenvalue weighted by atomic mass is 9.96. The van der Waals surface area contributed by atoms with Gasteiger partial charge in [0.15, 0.2) is 0 Å². The molecule has 19 heavy (non-hydrogen) atoms. The van der Waals surface area contributed by atoms with Crippen LogP contribution in [0.1, 0.15) is 18.9 Å². The van der Waals surface area contributed by atoms with E-state index in [1.165, 1.54) is 5.56 Å². The second-order valence-electron chi connectivity index (χ2n) is 5.25. The van der Waals surface area contributed by atoms with E-state index in [0.29, 0.717) is 0 Å². The first kappa shape index (κ1) is 11.8. The molecule has 0 N–H and O–H groups in total. The van der Waals surface area contributed by atoms with Gasteiger partial charge in [-0.15, -0.1) is 0 Å². The lowest BCUT2D eigenvalue weighted by Gasteiger charge is -2.12. The molecule has 1 saturated carbocycles. The summed E-state index contributed by atoms with van der Waals surface area (Å²) in [6, 6.07) is 20.2. The minimum atomic E-state index is 0.00477. The highest BCUT2D eigenvalue weighted by molar-refractivity contribution is 5.42. The van der Waals surface area contributed by atoms with Gasteiger partial charge in [-0.3, -0.25) is 0 Å². The molecule has 0 heterocycles. The summed E-state index contributed by atoms with van der Waals surface area (Å²) in [5.41, 5.74) is 1.19. The first-order valence-electron chi connectivity index (χ1n) is 6.45. The van der Waals surface area contributed by atoms with Crippen LogP contribution in [0.3, 0.4) is 0 Å². The number of benzene rings is 2. The van der Waals surface area contributed by atoms with E-state index in [-0.39, 0.29) is 11.3 Å². The number of hydrogen-bond donors (Lipinski definition) is 0. The van der Waals surface area contributed by atoms with E-state index in [4.69, 9.17) is 10.00 Å². The molecule has 0 bridgehead atoms. The van der Waals surface area contributed by atoms with E-state index >= 15 is 0 Å². The molecule has 94 valence electrons. The van der Waals surface area contributed by atoms with Crippen molar-refractivity contribution in [3.63, 3.8) is 0 Å². The minimum absolute atomic E-state index is 0.00477. The third kappa shape index (κ3) is 2.20. The Kier molecular flexibility index (Phi) is 2.76. The van der Waals surface area contributed by atoms with Crippen molar-refractivity contribution in [2.24, 2.45) is 5.92 Å². The number of hydrogen-bond acceptors (Lipinski definition) is 2. The highest BCUT2D eigenvalue weighted by Gasteiger charge is 2.51. The van der Waals surface area contributed by atoms with Crippen molar-refractivity contribution in [1.82, 2.24) is 0 Å². The Balaban J connectivity index is 1.84. The summed E-state index contributed by atoms with van der Waals surface area (Å²) in [7, 11) is 0. The highest BCUT2D eigenvalue weighted by atomic mass is 16.5. The largest absolute Gasteiger partial charge is 0.457 e. The quantitative estimate of drug-likeness (QED) is 0.813. The van der Waals surface area contributed by atoms with Gasteiger partial charge >= 0.3 is 0 Å². The van der Waals surface area contributed by atoms with E-state index in [1.807, 2.05) is 48.5 Å². The molecule has 3 rings (SSSR count). The van der Waals surface area contributed by atoms with E-state index in [1.54, 1.807) is 0 Å². The average Bonchev–Trinajstić information content (AvgIpc) is 3.13. The van der Waals surface area contributed by atoms with Crippen molar-refractivity contribution in [1.29, 1.82) is 5.26 Å². The van der Waals surface area contributed by atoms with Crippen molar-refractivity contribution >= 4 is 0 Å². The molecule has 1 unspecified atom stereocenters. The van der Waals surface area contributed by atoms with E-state index in [0.717, 1.165) is 17.9 Å². The number of para-hydroxylation sites is 1. The van der Waals surface area contributed by atoms with E-state index in [9.17, 15) is 0 Å². The Hall–Kier alpha value is -2.27. The predicted molar refractivity (Wildman–Crippen MR) is 74.0 cm³/mol. The van der Waals surface area contributed by atoms with Crippen LogP contribution in [0.5, 0.6) is 11.5 Å². The van der Waals surface area contributed by atoms with Crippen molar-refractivity contribution in [2.75, 3.05) is 0 Å². The summed E-state index contributed by atoms with van der Waals surface area (Å²) < 4.78 is 5.83. The molecule has 0 saturated heterocycles. The number of nitriles is 1. The van der Waals surface area contributed by atoms with Crippen molar-refractivity contribution in [2.45, 2.75) is 18.8 Å². The number of ether oxygens (including phenoxy) is 1. The van der Waals surface area contributed by atoms with E-state index < -0.39 is 0 Å². The maximum absolute atomic E-state index is 9.03. The standard InChI is InChI=1S/C17H15NO/c1-17(11-14(17)12-18)13-6-5-9-16(10-13)19-15-7-3-2-4-8-15/h2-10,14H,11H2,1H3/t14?,17-/m1/s1. The number of nitrogens with zero attached hydrogens (tertiary/aromatic N) is 1. The summed E-state index contributed by atoms with van der Waals surface area (Å²) in [5.74, 6) is 1.80. The van der Waals surface area contributed by atoms with Gasteiger partial charge < -0.3 is 4.74 Å². The Labute approximate surface area is 113 Å². The van der Waals surface area contributed by atoms with Crippen LogP contribution in [-0.2, 0) is 5.41 Å². The summed E-state index contributed by atoms with van der Waals surface area (Å²) >= 11 is 0. The normalized spacial score (nSPS) is 24.5. The molecule has 2 heteroatoms.